The summed E-state index contributed by atoms with van der Waals surface area (Å²) in [5.41, 5.74) is 7.92. The molecule has 0 aliphatic carbocycles. The molecule has 3 heteroatoms. The topological polar surface area (TPSA) is 46.3 Å². The molecule has 0 aromatic heterocycles. The first-order chi connectivity index (χ1) is 9.27. The zero-order valence-electron chi connectivity index (χ0n) is 11.3. The van der Waals surface area contributed by atoms with Crippen molar-refractivity contribution in [2.45, 2.75) is 19.3 Å². The predicted octanol–water partition coefficient (Wildman–Crippen LogP) is 2.60. The number of hydrogen-bond donors (Lipinski definition) is 1. The molecule has 1 aliphatic heterocycles. The van der Waals surface area contributed by atoms with Crippen LogP contribution in [0.4, 0.5) is 5.69 Å². The minimum atomic E-state index is 0.0325. The van der Waals surface area contributed by atoms with E-state index in [0.29, 0.717) is 12.5 Å². The first-order valence-electron chi connectivity index (χ1n) is 6.67. The maximum absolute atomic E-state index is 12.2. The molecular formula is C16H20N2O. The summed E-state index contributed by atoms with van der Waals surface area (Å²) in [7, 11) is 0. The van der Waals surface area contributed by atoms with Gasteiger partial charge in [-0.25, -0.2) is 0 Å². The van der Waals surface area contributed by atoms with Crippen molar-refractivity contribution in [1.29, 1.82) is 0 Å². The molecule has 0 bridgehead atoms. The van der Waals surface area contributed by atoms with E-state index in [0.717, 1.165) is 18.7 Å². The molecule has 0 fully saturated rings. The lowest BCUT2D eigenvalue weighted by Gasteiger charge is -2.15. The summed E-state index contributed by atoms with van der Waals surface area (Å²) in [6.07, 6.45) is 8.07. The van der Waals surface area contributed by atoms with Crippen LogP contribution in [-0.2, 0) is 4.79 Å². The maximum atomic E-state index is 12.2. The summed E-state index contributed by atoms with van der Waals surface area (Å²) in [5, 5.41) is 0. The van der Waals surface area contributed by atoms with Crippen LogP contribution in [0.5, 0.6) is 0 Å². The zero-order valence-corrected chi connectivity index (χ0v) is 11.3. The van der Waals surface area contributed by atoms with E-state index in [2.05, 4.69) is 6.07 Å². The molecule has 1 unspecified atom stereocenters. The molecule has 0 saturated heterocycles. The molecule has 1 aromatic rings. The Kier molecular flexibility index (Phi) is 4.53. The summed E-state index contributed by atoms with van der Waals surface area (Å²) in [6.45, 7) is 3.31. The predicted molar refractivity (Wildman–Crippen MR) is 79.2 cm³/mol. The summed E-state index contributed by atoms with van der Waals surface area (Å²) < 4.78 is 0. The van der Waals surface area contributed by atoms with E-state index in [1.165, 1.54) is 5.56 Å². The average Bonchev–Trinajstić information content (AvgIpc) is 2.79. The van der Waals surface area contributed by atoms with Crippen molar-refractivity contribution in [3.8, 4) is 0 Å². The Bertz CT molecular complexity index is 505. The number of fused-ring (bicyclic) bond motifs is 1. The Balaban J connectivity index is 2.22. The number of para-hydroxylation sites is 1. The Morgan fingerprint density at radius 3 is 2.95 bits per heavy atom. The number of nitrogens with two attached hydrogens (primary N) is 1. The summed E-state index contributed by atoms with van der Waals surface area (Å²) in [6, 6.07) is 8.09. The largest absolute Gasteiger partial charge is 0.330 e. The number of carbonyl (C=O) groups is 1. The zero-order chi connectivity index (χ0) is 13.7. The average molecular weight is 256 g/mol. The molecule has 1 aliphatic rings. The van der Waals surface area contributed by atoms with E-state index in [1.807, 2.05) is 42.2 Å². The summed E-state index contributed by atoms with van der Waals surface area (Å²) in [4.78, 5) is 14.0. The molecule has 2 rings (SSSR count). The highest BCUT2D eigenvalue weighted by atomic mass is 16.2. The van der Waals surface area contributed by atoms with E-state index in [9.17, 15) is 4.79 Å². The third-order valence-corrected chi connectivity index (χ3v) is 3.39. The lowest BCUT2D eigenvalue weighted by atomic mass is 9.98. The van der Waals surface area contributed by atoms with Gasteiger partial charge in [-0.3, -0.25) is 4.79 Å². The molecule has 2 N–H and O–H groups in total. The summed E-state index contributed by atoms with van der Waals surface area (Å²) >= 11 is 0. The van der Waals surface area contributed by atoms with Gasteiger partial charge in [0, 0.05) is 24.2 Å². The van der Waals surface area contributed by atoms with Crippen LogP contribution in [0, 0.1) is 0 Å². The minimum Gasteiger partial charge on any atom is -0.330 e. The van der Waals surface area contributed by atoms with Crippen LogP contribution in [0.3, 0.4) is 0 Å². The molecular weight excluding hydrogens is 236 g/mol. The van der Waals surface area contributed by atoms with E-state index in [1.54, 1.807) is 12.2 Å². The monoisotopic (exact) mass is 256 g/mol. The van der Waals surface area contributed by atoms with Gasteiger partial charge in [0.25, 0.3) is 5.91 Å². The van der Waals surface area contributed by atoms with Gasteiger partial charge in [-0.1, -0.05) is 36.4 Å². The second-order valence-electron chi connectivity index (χ2n) is 4.67. The fourth-order valence-electron chi connectivity index (χ4n) is 2.49. The molecule has 0 spiro atoms. The van der Waals surface area contributed by atoms with Gasteiger partial charge >= 0.3 is 0 Å². The third-order valence-electron chi connectivity index (χ3n) is 3.39. The van der Waals surface area contributed by atoms with Crippen LogP contribution in [0.25, 0.3) is 0 Å². The Labute approximate surface area is 114 Å². The van der Waals surface area contributed by atoms with E-state index in [4.69, 9.17) is 5.73 Å². The van der Waals surface area contributed by atoms with Gasteiger partial charge in [0.1, 0.15) is 0 Å². The minimum absolute atomic E-state index is 0.0325. The number of rotatable bonds is 4. The van der Waals surface area contributed by atoms with Gasteiger partial charge < -0.3 is 10.6 Å². The molecule has 1 heterocycles. The number of allylic oxidation sites excluding steroid dienone is 3. The highest BCUT2D eigenvalue weighted by Crippen LogP contribution is 2.37. The number of hydrogen-bond acceptors (Lipinski definition) is 2. The van der Waals surface area contributed by atoms with Gasteiger partial charge in [-0.2, -0.15) is 0 Å². The van der Waals surface area contributed by atoms with Crippen molar-refractivity contribution < 1.29 is 4.79 Å². The van der Waals surface area contributed by atoms with Crippen LogP contribution in [0.1, 0.15) is 24.8 Å². The molecule has 19 heavy (non-hydrogen) atoms. The normalized spacial score (nSPS) is 18.4. The molecule has 1 aromatic carbocycles. The fraction of sp³-hybridized carbons (Fsp3) is 0.312. The number of benzene rings is 1. The van der Waals surface area contributed by atoms with Crippen LogP contribution < -0.4 is 10.6 Å². The van der Waals surface area contributed by atoms with Crippen molar-refractivity contribution in [2.75, 3.05) is 18.0 Å². The third kappa shape index (κ3) is 2.93. The standard InChI is InChI=1S/C16H20N2O/c1-2-3-4-9-16(19)18-12-13(10-11-17)14-7-5-6-8-15(14)18/h2-9,13H,10-12,17H2,1H3. The maximum Gasteiger partial charge on any atom is 0.250 e. The first kappa shape index (κ1) is 13.6. The highest BCUT2D eigenvalue weighted by molar-refractivity contribution is 6.03. The van der Waals surface area contributed by atoms with Gasteiger partial charge in [-0.05, 0) is 31.5 Å². The van der Waals surface area contributed by atoms with Crippen molar-refractivity contribution in [3.63, 3.8) is 0 Å². The SMILES string of the molecule is CC=CC=CC(=O)N1CC(CCN)c2ccccc21. The smallest absolute Gasteiger partial charge is 0.250 e. The number of amides is 1. The van der Waals surface area contributed by atoms with Crippen molar-refractivity contribution in [3.05, 3.63) is 54.1 Å². The van der Waals surface area contributed by atoms with Crippen LogP contribution in [-0.4, -0.2) is 19.0 Å². The van der Waals surface area contributed by atoms with Gasteiger partial charge in [0.2, 0.25) is 0 Å². The van der Waals surface area contributed by atoms with Gasteiger partial charge in [-0.15, -0.1) is 0 Å². The molecule has 3 nitrogen and oxygen atoms in total. The van der Waals surface area contributed by atoms with Crippen LogP contribution in [0.15, 0.2) is 48.6 Å². The lowest BCUT2D eigenvalue weighted by Crippen LogP contribution is -2.28. The number of nitrogens with zero attached hydrogens (tertiary/aromatic N) is 1. The number of anilines is 1. The quantitative estimate of drug-likeness (QED) is 0.665. The van der Waals surface area contributed by atoms with Crippen LogP contribution >= 0.6 is 0 Å². The summed E-state index contributed by atoms with van der Waals surface area (Å²) in [5.74, 6) is 0.394. The molecule has 100 valence electrons. The number of carbonyl (C=O) groups excluding carboxylic acids is 1. The van der Waals surface area contributed by atoms with Gasteiger partial charge in [0.15, 0.2) is 0 Å². The Morgan fingerprint density at radius 1 is 1.42 bits per heavy atom. The first-order valence-corrected chi connectivity index (χ1v) is 6.67. The van der Waals surface area contributed by atoms with Crippen molar-refractivity contribution >= 4 is 11.6 Å². The Morgan fingerprint density at radius 2 is 2.21 bits per heavy atom. The van der Waals surface area contributed by atoms with E-state index < -0.39 is 0 Å². The molecule has 1 atom stereocenters. The second kappa shape index (κ2) is 6.34. The van der Waals surface area contributed by atoms with Gasteiger partial charge in [0.05, 0.1) is 0 Å². The van der Waals surface area contributed by atoms with Crippen molar-refractivity contribution in [2.24, 2.45) is 5.73 Å². The molecule has 0 radical (unpaired) electrons. The lowest BCUT2D eigenvalue weighted by molar-refractivity contribution is -0.114. The van der Waals surface area contributed by atoms with E-state index >= 15 is 0 Å². The molecule has 0 saturated carbocycles. The Hall–Kier alpha value is -1.87. The highest BCUT2D eigenvalue weighted by Gasteiger charge is 2.30. The second-order valence-corrected chi connectivity index (χ2v) is 4.67. The van der Waals surface area contributed by atoms with Crippen LogP contribution in [0.2, 0.25) is 0 Å². The fourth-order valence-corrected chi connectivity index (χ4v) is 2.49. The van der Waals surface area contributed by atoms with E-state index in [-0.39, 0.29) is 5.91 Å². The molecule has 1 amide bonds. The van der Waals surface area contributed by atoms with Crippen molar-refractivity contribution in [1.82, 2.24) is 0 Å².